The Labute approximate surface area is 193 Å². The molecular formula is C23H29Cl2N5O. The third-order valence-corrected chi connectivity index (χ3v) is 6.25. The van der Waals surface area contributed by atoms with Crippen molar-refractivity contribution in [3.8, 4) is 5.75 Å². The van der Waals surface area contributed by atoms with Crippen molar-refractivity contribution in [2.75, 3.05) is 25.4 Å². The average Bonchev–Trinajstić information content (AvgIpc) is 2.76. The predicted molar refractivity (Wildman–Crippen MR) is 129 cm³/mol. The van der Waals surface area contributed by atoms with Gasteiger partial charge in [-0.2, -0.15) is 0 Å². The summed E-state index contributed by atoms with van der Waals surface area (Å²) in [5.41, 5.74) is 8.20. The molecule has 1 aliphatic heterocycles. The Morgan fingerprint density at radius 2 is 2.03 bits per heavy atom. The van der Waals surface area contributed by atoms with Crippen molar-refractivity contribution >= 4 is 40.8 Å². The van der Waals surface area contributed by atoms with Crippen molar-refractivity contribution in [2.45, 2.75) is 38.8 Å². The molecule has 3 rings (SSSR count). The van der Waals surface area contributed by atoms with Crippen molar-refractivity contribution in [1.29, 1.82) is 5.41 Å². The van der Waals surface area contributed by atoms with Crippen LogP contribution in [0.2, 0.25) is 10.0 Å². The molecule has 1 unspecified atom stereocenters. The summed E-state index contributed by atoms with van der Waals surface area (Å²) in [6.07, 6.45) is 6.58. The minimum Gasteiger partial charge on any atom is -0.482 e. The quantitative estimate of drug-likeness (QED) is 0.471. The van der Waals surface area contributed by atoms with Crippen LogP contribution in [0.15, 0.2) is 36.7 Å². The second kappa shape index (κ2) is 10.8. The van der Waals surface area contributed by atoms with Crippen molar-refractivity contribution < 1.29 is 4.74 Å². The highest BCUT2D eigenvalue weighted by molar-refractivity contribution is 6.36. The lowest BCUT2D eigenvalue weighted by Crippen LogP contribution is -2.40. The number of allylic oxidation sites excluding steroid dienone is 1. The van der Waals surface area contributed by atoms with E-state index in [4.69, 9.17) is 39.1 Å². The highest BCUT2D eigenvalue weighted by atomic mass is 35.5. The zero-order valence-corrected chi connectivity index (χ0v) is 19.4. The minimum atomic E-state index is -0.421. The zero-order valence-electron chi connectivity index (χ0n) is 17.9. The number of halogens is 2. The molecule has 8 heteroatoms. The Hall–Kier alpha value is -2.28. The van der Waals surface area contributed by atoms with Gasteiger partial charge in [-0.05, 0) is 44.5 Å². The van der Waals surface area contributed by atoms with E-state index >= 15 is 0 Å². The number of nitrogen functional groups attached to an aromatic ring is 1. The van der Waals surface area contributed by atoms with Gasteiger partial charge >= 0.3 is 0 Å². The maximum Gasteiger partial charge on any atom is 0.166 e. The van der Waals surface area contributed by atoms with Gasteiger partial charge in [0.05, 0.1) is 0 Å². The van der Waals surface area contributed by atoms with Gasteiger partial charge in [0, 0.05) is 64.5 Å². The molecule has 6 nitrogen and oxygen atoms in total. The lowest BCUT2D eigenvalue weighted by Gasteiger charge is -2.31. The minimum absolute atomic E-state index is 0.267. The summed E-state index contributed by atoms with van der Waals surface area (Å²) >= 11 is 12.6. The molecule has 1 fully saturated rings. The molecule has 0 spiro atoms. The van der Waals surface area contributed by atoms with E-state index in [1.54, 1.807) is 30.5 Å². The summed E-state index contributed by atoms with van der Waals surface area (Å²) in [6, 6.07) is 7.53. The lowest BCUT2D eigenvalue weighted by molar-refractivity contribution is 0.213. The average molecular weight is 462 g/mol. The van der Waals surface area contributed by atoms with Crippen LogP contribution in [0.4, 0.5) is 5.82 Å². The Balaban J connectivity index is 1.75. The molecule has 2 heterocycles. The summed E-state index contributed by atoms with van der Waals surface area (Å²) in [5.74, 6) is 0.688. The third kappa shape index (κ3) is 5.91. The molecule has 0 amide bonds. The van der Waals surface area contributed by atoms with Crippen LogP contribution in [0.3, 0.4) is 0 Å². The van der Waals surface area contributed by atoms with E-state index in [1.165, 1.54) is 6.21 Å². The number of aromatic nitrogens is 1. The van der Waals surface area contributed by atoms with Crippen molar-refractivity contribution in [2.24, 2.45) is 0 Å². The van der Waals surface area contributed by atoms with E-state index in [1.807, 2.05) is 13.1 Å². The van der Waals surface area contributed by atoms with Crippen molar-refractivity contribution in [1.82, 2.24) is 15.2 Å². The second-order valence-corrected chi connectivity index (χ2v) is 8.44. The Bertz CT molecular complexity index is 921. The van der Waals surface area contributed by atoms with Gasteiger partial charge in [-0.25, -0.2) is 4.98 Å². The first kappa shape index (κ1) is 23.4. The molecule has 1 aromatic carbocycles. The van der Waals surface area contributed by atoms with Gasteiger partial charge in [0.2, 0.25) is 0 Å². The number of nitrogens with two attached hydrogens (primary N) is 1. The summed E-state index contributed by atoms with van der Waals surface area (Å²) in [6.45, 7) is 7.32. The first-order valence-corrected chi connectivity index (χ1v) is 11.2. The topological polar surface area (TPSA) is 87.3 Å². The number of hydrogen-bond acceptors (Lipinski definition) is 6. The SMILES string of the molecule is CCN1CCC(N/C=C(\C=N)c2cnc(N)c(OC(C)c3c(Cl)cccc3Cl)c2)CC1. The number of benzene rings is 1. The molecule has 2 aromatic rings. The summed E-state index contributed by atoms with van der Waals surface area (Å²) in [7, 11) is 0. The summed E-state index contributed by atoms with van der Waals surface area (Å²) in [4.78, 5) is 6.71. The zero-order chi connectivity index (χ0) is 22.4. The fourth-order valence-electron chi connectivity index (χ4n) is 3.69. The largest absolute Gasteiger partial charge is 0.482 e. The van der Waals surface area contributed by atoms with Gasteiger partial charge < -0.3 is 26.1 Å². The maximum atomic E-state index is 7.86. The number of ether oxygens (including phenoxy) is 1. The van der Waals surface area contributed by atoms with E-state index in [0.717, 1.165) is 38.0 Å². The van der Waals surface area contributed by atoms with Crippen molar-refractivity contribution in [3.63, 3.8) is 0 Å². The highest BCUT2D eigenvalue weighted by Gasteiger charge is 2.19. The van der Waals surface area contributed by atoms with Gasteiger partial charge in [0.25, 0.3) is 0 Å². The number of hydrogen-bond donors (Lipinski definition) is 3. The van der Waals surface area contributed by atoms with Gasteiger partial charge in [-0.3, -0.25) is 0 Å². The number of rotatable bonds is 8. The van der Waals surface area contributed by atoms with Crippen LogP contribution in [0.1, 0.15) is 43.9 Å². The molecular weight excluding hydrogens is 433 g/mol. The van der Waals surface area contributed by atoms with Gasteiger partial charge in [0.15, 0.2) is 11.6 Å². The number of piperidine rings is 1. The number of nitrogens with zero attached hydrogens (tertiary/aromatic N) is 2. The normalized spacial score (nSPS) is 16.7. The third-order valence-electron chi connectivity index (χ3n) is 5.59. The van der Waals surface area contributed by atoms with E-state index in [9.17, 15) is 0 Å². The van der Waals surface area contributed by atoms with Crippen LogP contribution in [0, 0.1) is 5.41 Å². The maximum absolute atomic E-state index is 7.86. The van der Waals surface area contributed by atoms with Crippen LogP contribution in [0.5, 0.6) is 5.75 Å². The van der Waals surface area contributed by atoms with Crippen LogP contribution < -0.4 is 15.8 Å². The molecule has 1 aliphatic rings. The smallest absolute Gasteiger partial charge is 0.166 e. The van der Waals surface area contributed by atoms with Crippen LogP contribution in [0.25, 0.3) is 5.57 Å². The monoisotopic (exact) mass is 461 g/mol. The summed E-state index contributed by atoms with van der Waals surface area (Å²) < 4.78 is 6.06. The number of pyridine rings is 1. The molecule has 0 radical (unpaired) electrons. The summed E-state index contributed by atoms with van der Waals surface area (Å²) in [5, 5.41) is 12.4. The van der Waals surface area contributed by atoms with Gasteiger partial charge in [0.1, 0.15) is 6.10 Å². The molecule has 1 saturated heterocycles. The number of likely N-dealkylation sites (tertiary alicyclic amines) is 1. The standard InChI is InChI=1S/C23H29Cl2N5O/c1-3-30-9-7-18(8-10-30)28-14-17(12-26)16-11-21(23(27)29-13-16)31-15(2)22-19(24)5-4-6-20(22)25/h4-6,11-15,18,26,28H,3,7-10H2,1-2H3,(H2,27,29)/b17-14+,26-12?. The fraction of sp³-hybridized carbons (Fsp3) is 0.391. The van der Waals surface area contributed by atoms with Crippen LogP contribution in [-0.2, 0) is 0 Å². The van der Waals surface area contributed by atoms with E-state index in [0.29, 0.717) is 33.0 Å². The molecule has 31 heavy (non-hydrogen) atoms. The predicted octanol–water partition coefficient (Wildman–Crippen LogP) is 5.17. The Kier molecular flexibility index (Phi) is 8.18. The first-order chi connectivity index (χ1) is 14.9. The molecule has 1 aromatic heterocycles. The molecule has 166 valence electrons. The highest BCUT2D eigenvalue weighted by Crippen LogP contribution is 2.35. The van der Waals surface area contributed by atoms with E-state index in [-0.39, 0.29) is 5.82 Å². The number of nitrogens with one attached hydrogen (secondary N) is 2. The first-order valence-electron chi connectivity index (χ1n) is 10.5. The molecule has 0 bridgehead atoms. The van der Waals surface area contributed by atoms with Gasteiger partial charge in [-0.1, -0.05) is 36.2 Å². The van der Waals surface area contributed by atoms with E-state index in [2.05, 4.69) is 22.1 Å². The lowest BCUT2D eigenvalue weighted by atomic mass is 10.0. The van der Waals surface area contributed by atoms with Crippen molar-refractivity contribution in [3.05, 3.63) is 57.8 Å². The fourth-order valence-corrected chi connectivity index (χ4v) is 4.39. The molecule has 1 atom stereocenters. The Morgan fingerprint density at radius 3 is 2.65 bits per heavy atom. The van der Waals surface area contributed by atoms with Gasteiger partial charge in [-0.15, -0.1) is 0 Å². The molecule has 0 aliphatic carbocycles. The number of anilines is 1. The molecule has 0 saturated carbocycles. The van der Waals surface area contributed by atoms with E-state index < -0.39 is 6.10 Å². The Morgan fingerprint density at radius 1 is 1.35 bits per heavy atom. The van der Waals surface area contributed by atoms with Crippen LogP contribution >= 0.6 is 23.2 Å². The molecule has 4 N–H and O–H groups in total. The van der Waals surface area contributed by atoms with Crippen LogP contribution in [-0.4, -0.2) is 41.8 Å². The second-order valence-electron chi connectivity index (χ2n) is 7.62.